The molecule has 2 rings (SSSR count). The zero-order valence-electron chi connectivity index (χ0n) is 8.68. The maximum Gasteiger partial charge on any atom is 0.314 e. The van der Waals surface area contributed by atoms with Crippen LogP contribution in [0.3, 0.4) is 0 Å². The van der Waals surface area contributed by atoms with Crippen molar-refractivity contribution in [3.05, 3.63) is 0 Å². The van der Waals surface area contributed by atoms with E-state index in [0.717, 1.165) is 12.6 Å². The Hall–Kier alpha value is -0.770. The van der Waals surface area contributed by atoms with Crippen molar-refractivity contribution in [3.63, 3.8) is 0 Å². The van der Waals surface area contributed by atoms with Crippen molar-refractivity contribution in [2.24, 2.45) is 5.92 Å². The number of rotatable bonds is 3. The van der Waals surface area contributed by atoms with Gasteiger partial charge in [0, 0.05) is 25.2 Å². The Morgan fingerprint density at radius 3 is 2.86 bits per heavy atom. The number of hydrogen-bond acceptors (Lipinski definition) is 2. The highest BCUT2D eigenvalue weighted by molar-refractivity contribution is 5.73. The molecule has 0 spiro atoms. The molecule has 3 N–H and O–H groups in total. The minimum atomic E-state index is -0.0322. The lowest BCUT2D eigenvalue weighted by molar-refractivity contribution is 0.238. The van der Waals surface area contributed by atoms with Gasteiger partial charge in [-0.2, -0.15) is 0 Å². The minimum absolute atomic E-state index is 0.0322. The van der Waals surface area contributed by atoms with E-state index in [1.54, 1.807) is 0 Å². The number of carbonyl (C=O) groups is 1. The molecule has 2 aliphatic rings. The molecular weight excluding hydrogens is 178 g/mol. The molecule has 3 unspecified atom stereocenters. The van der Waals surface area contributed by atoms with Gasteiger partial charge in [-0.1, -0.05) is 0 Å². The van der Waals surface area contributed by atoms with E-state index in [0.29, 0.717) is 18.5 Å². The smallest absolute Gasteiger partial charge is 0.314 e. The number of urea groups is 1. The quantitative estimate of drug-likeness (QED) is 0.615. The summed E-state index contributed by atoms with van der Waals surface area (Å²) in [5.41, 5.74) is 0. The fourth-order valence-electron chi connectivity index (χ4n) is 2.61. The van der Waals surface area contributed by atoms with Crippen molar-refractivity contribution in [2.75, 3.05) is 13.1 Å². The molecule has 80 valence electrons. The van der Waals surface area contributed by atoms with Gasteiger partial charge in [0.15, 0.2) is 0 Å². The lowest BCUT2D eigenvalue weighted by atomic mass is 9.89. The van der Waals surface area contributed by atoms with E-state index >= 15 is 0 Å². The summed E-state index contributed by atoms with van der Waals surface area (Å²) in [5.74, 6) is 0.649. The fourth-order valence-corrected chi connectivity index (χ4v) is 2.61. The molecule has 2 aliphatic heterocycles. The first-order chi connectivity index (χ1) is 6.79. The fraction of sp³-hybridized carbons (Fsp3) is 0.900. The van der Waals surface area contributed by atoms with Gasteiger partial charge in [-0.25, -0.2) is 4.79 Å². The Labute approximate surface area is 84.8 Å². The summed E-state index contributed by atoms with van der Waals surface area (Å²) >= 11 is 0. The molecule has 0 radical (unpaired) electrons. The molecule has 3 atom stereocenters. The third-order valence-corrected chi connectivity index (χ3v) is 3.29. The van der Waals surface area contributed by atoms with Crippen LogP contribution in [0.15, 0.2) is 0 Å². The maximum absolute atomic E-state index is 11.2. The van der Waals surface area contributed by atoms with E-state index in [9.17, 15) is 4.79 Å². The standard InChI is InChI=1S/C10H19N3O/c1-2-11-10(14)12-6-7-5-8-3-4-9(7)13-8/h7-9,13H,2-6H2,1H3,(H2,11,12,14). The summed E-state index contributed by atoms with van der Waals surface area (Å²) in [4.78, 5) is 11.2. The molecule has 4 heteroatoms. The minimum Gasteiger partial charge on any atom is -0.338 e. The first kappa shape index (κ1) is 9.77. The predicted octanol–water partition coefficient (Wildman–Crippen LogP) is 0.446. The van der Waals surface area contributed by atoms with Gasteiger partial charge in [0.25, 0.3) is 0 Å². The van der Waals surface area contributed by atoms with Gasteiger partial charge in [-0.15, -0.1) is 0 Å². The summed E-state index contributed by atoms with van der Waals surface area (Å²) < 4.78 is 0. The summed E-state index contributed by atoms with van der Waals surface area (Å²) in [7, 11) is 0. The SMILES string of the molecule is CCNC(=O)NCC1CC2CCC1N2. The van der Waals surface area contributed by atoms with Crippen LogP contribution >= 0.6 is 0 Å². The van der Waals surface area contributed by atoms with Gasteiger partial charge < -0.3 is 16.0 Å². The van der Waals surface area contributed by atoms with Crippen LogP contribution in [-0.4, -0.2) is 31.2 Å². The highest BCUT2D eigenvalue weighted by Crippen LogP contribution is 2.32. The van der Waals surface area contributed by atoms with Gasteiger partial charge in [-0.3, -0.25) is 0 Å². The second-order valence-electron chi connectivity index (χ2n) is 4.28. The monoisotopic (exact) mass is 197 g/mol. The van der Waals surface area contributed by atoms with Crippen molar-refractivity contribution in [3.8, 4) is 0 Å². The van der Waals surface area contributed by atoms with E-state index in [1.807, 2.05) is 6.92 Å². The van der Waals surface area contributed by atoms with Gasteiger partial charge in [0.2, 0.25) is 0 Å². The molecule has 2 bridgehead atoms. The highest BCUT2D eigenvalue weighted by Gasteiger charge is 2.38. The Kier molecular flexibility index (Phi) is 2.91. The van der Waals surface area contributed by atoms with Crippen LogP contribution in [0.1, 0.15) is 26.2 Å². The molecule has 14 heavy (non-hydrogen) atoms. The molecule has 4 nitrogen and oxygen atoms in total. The normalized spacial score (nSPS) is 34.5. The molecule has 2 fully saturated rings. The Bertz CT molecular complexity index is 219. The van der Waals surface area contributed by atoms with Crippen molar-refractivity contribution in [1.82, 2.24) is 16.0 Å². The predicted molar refractivity (Wildman–Crippen MR) is 55.1 cm³/mol. The summed E-state index contributed by atoms with van der Waals surface area (Å²) in [6.07, 6.45) is 3.84. The van der Waals surface area contributed by atoms with Crippen molar-refractivity contribution < 1.29 is 4.79 Å². The lowest BCUT2D eigenvalue weighted by Crippen LogP contribution is -2.40. The van der Waals surface area contributed by atoms with Crippen molar-refractivity contribution in [2.45, 2.75) is 38.3 Å². The molecule has 0 aromatic heterocycles. The third-order valence-electron chi connectivity index (χ3n) is 3.29. The van der Waals surface area contributed by atoms with Crippen molar-refractivity contribution >= 4 is 6.03 Å². The van der Waals surface area contributed by atoms with E-state index in [2.05, 4.69) is 16.0 Å². The van der Waals surface area contributed by atoms with Gasteiger partial charge in [-0.05, 0) is 32.1 Å². The van der Waals surface area contributed by atoms with Crippen LogP contribution in [0, 0.1) is 5.92 Å². The number of carbonyl (C=O) groups excluding carboxylic acids is 1. The highest BCUT2D eigenvalue weighted by atomic mass is 16.2. The van der Waals surface area contributed by atoms with E-state index < -0.39 is 0 Å². The number of amides is 2. The van der Waals surface area contributed by atoms with Gasteiger partial charge >= 0.3 is 6.03 Å². The summed E-state index contributed by atoms with van der Waals surface area (Å²) in [5, 5.41) is 9.23. The summed E-state index contributed by atoms with van der Waals surface area (Å²) in [6, 6.07) is 1.35. The zero-order chi connectivity index (χ0) is 9.97. The molecule has 0 aromatic rings. The Morgan fingerprint density at radius 2 is 2.29 bits per heavy atom. The first-order valence-corrected chi connectivity index (χ1v) is 5.57. The molecule has 2 saturated heterocycles. The first-order valence-electron chi connectivity index (χ1n) is 5.57. The second-order valence-corrected chi connectivity index (χ2v) is 4.28. The third kappa shape index (κ3) is 2.00. The molecule has 2 amide bonds. The molecule has 0 saturated carbocycles. The van der Waals surface area contributed by atoms with Crippen molar-refractivity contribution in [1.29, 1.82) is 0 Å². The van der Waals surface area contributed by atoms with Crippen LogP contribution < -0.4 is 16.0 Å². The molecular formula is C10H19N3O. The van der Waals surface area contributed by atoms with Crippen LogP contribution in [0.2, 0.25) is 0 Å². The topological polar surface area (TPSA) is 53.2 Å². The average Bonchev–Trinajstić information content (AvgIpc) is 2.76. The number of fused-ring (bicyclic) bond motifs is 2. The van der Waals surface area contributed by atoms with Gasteiger partial charge in [0.05, 0.1) is 0 Å². The molecule has 0 aromatic carbocycles. The summed E-state index contributed by atoms with van der Waals surface area (Å²) in [6.45, 7) is 3.44. The van der Waals surface area contributed by atoms with Crippen LogP contribution in [0.5, 0.6) is 0 Å². The van der Waals surface area contributed by atoms with Gasteiger partial charge in [0.1, 0.15) is 0 Å². The zero-order valence-corrected chi connectivity index (χ0v) is 8.68. The largest absolute Gasteiger partial charge is 0.338 e. The second kappa shape index (κ2) is 4.17. The van der Waals surface area contributed by atoms with E-state index in [1.165, 1.54) is 19.3 Å². The van der Waals surface area contributed by atoms with Crippen LogP contribution in [0.4, 0.5) is 4.79 Å². The average molecular weight is 197 g/mol. The lowest BCUT2D eigenvalue weighted by Gasteiger charge is -2.20. The number of nitrogens with one attached hydrogen (secondary N) is 3. The Balaban J connectivity index is 1.69. The number of hydrogen-bond donors (Lipinski definition) is 3. The Morgan fingerprint density at radius 1 is 1.43 bits per heavy atom. The van der Waals surface area contributed by atoms with Crippen LogP contribution in [-0.2, 0) is 0 Å². The maximum atomic E-state index is 11.2. The van der Waals surface area contributed by atoms with E-state index in [-0.39, 0.29) is 6.03 Å². The molecule has 0 aliphatic carbocycles. The van der Waals surface area contributed by atoms with E-state index in [4.69, 9.17) is 0 Å². The van der Waals surface area contributed by atoms with Crippen LogP contribution in [0.25, 0.3) is 0 Å². The molecule has 2 heterocycles.